The third-order valence-corrected chi connectivity index (χ3v) is 5.28. The summed E-state index contributed by atoms with van der Waals surface area (Å²) in [7, 11) is 0. The van der Waals surface area contributed by atoms with Gasteiger partial charge in [-0.05, 0) is 31.0 Å². The summed E-state index contributed by atoms with van der Waals surface area (Å²) in [6.07, 6.45) is -0.635. The van der Waals surface area contributed by atoms with Gasteiger partial charge in [-0.25, -0.2) is 4.68 Å². The minimum atomic E-state index is -4.37. The number of anilines is 1. The van der Waals surface area contributed by atoms with Crippen LogP contribution in [0.5, 0.6) is 0 Å². The molecular formula is C19H22F3N5O2. The molecule has 2 saturated heterocycles. The second kappa shape index (κ2) is 8.02. The number of halogens is 3. The van der Waals surface area contributed by atoms with Gasteiger partial charge in [-0.3, -0.25) is 4.79 Å². The van der Waals surface area contributed by atoms with Crippen LogP contribution < -0.4 is 4.90 Å². The summed E-state index contributed by atoms with van der Waals surface area (Å²) in [6.45, 7) is 3.06. The lowest BCUT2D eigenvalue weighted by Crippen LogP contribution is -2.49. The Morgan fingerprint density at radius 3 is 2.69 bits per heavy atom. The second-order valence-corrected chi connectivity index (χ2v) is 7.29. The predicted octanol–water partition coefficient (Wildman–Crippen LogP) is 2.44. The van der Waals surface area contributed by atoms with Gasteiger partial charge >= 0.3 is 6.18 Å². The maximum atomic E-state index is 12.9. The second-order valence-electron chi connectivity index (χ2n) is 7.29. The molecule has 156 valence electrons. The highest BCUT2D eigenvalue weighted by atomic mass is 19.4. The number of hydrogen-bond donors (Lipinski definition) is 0. The molecule has 1 amide bonds. The molecule has 2 fully saturated rings. The van der Waals surface area contributed by atoms with Crippen LogP contribution in [0.1, 0.15) is 28.9 Å². The van der Waals surface area contributed by atoms with Crippen molar-refractivity contribution in [1.82, 2.24) is 19.9 Å². The van der Waals surface area contributed by atoms with Crippen LogP contribution in [0.4, 0.5) is 18.9 Å². The molecule has 4 rings (SSSR count). The number of amides is 1. The van der Waals surface area contributed by atoms with Crippen LogP contribution in [-0.2, 0) is 17.5 Å². The normalized spacial score (nSPS) is 20.3. The fraction of sp³-hybridized carbons (Fsp3) is 0.526. The number of benzene rings is 1. The zero-order valence-corrected chi connectivity index (χ0v) is 15.8. The van der Waals surface area contributed by atoms with E-state index in [4.69, 9.17) is 4.74 Å². The van der Waals surface area contributed by atoms with Gasteiger partial charge in [0.05, 0.1) is 24.4 Å². The van der Waals surface area contributed by atoms with Gasteiger partial charge in [-0.15, -0.1) is 5.10 Å². The number of carbonyl (C=O) groups is 1. The quantitative estimate of drug-likeness (QED) is 0.776. The topological polar surface area (TPSA) is 63.5 Å². The SMILES string of the molecule is O=C(c1cn(CC2CCCO2)nn1)N1CCN(c2cccc(C(F)(F)F)c2)CC1. The first kappa shape index (κ1) is 19.7. The minimum absolute atomic E-state index is 0.107. The molecule has 0 spiro atoms. The minimum Gasteiger partial charge on any atom is -0.376 e. The summed E-state index contributed by atoms with van der Waals surface area (Å²) in [5.74, 6) is -0.215. The van der Waals surface area contributed by atoms with Crippen LogP contribution in [-0.4, -0.2) is 64.7 Å². The Morgan fingerprint density at radius 2 is 2.00 bits per heavy atom. The Hall–Kier alpha value is -2.62. The molecule has 0 N–H and O–H groups in total. The maximum absolute atomic E-state index is 12.9. The van der Waals surface area contributed by atoms with E-state index in [2.05, 4.69) is 10.3 Å². The van der Waals surface area contributed by atoms with E-state index in [1.165, 1.54) is 6.07 Å². The van der Waals surface area contributed by atoms with Gasteiger partial charge in [0.2, 0.25) is 0 Å². The zero-order valence-electron chi connectivity index (χ0n) is 15.8. The van der Waals surface area contributed by atoms with Crippen molar-refractivity contribution >= 4 is 11.6 Å². The van der Waals surface area contributed by atoms with Gasteiger partial charge in [0, 0.05) is 38.5 Å². The summed E-state index contributed by atoms with van der Waals surface area (Å²) in [5, 5.41) is 7.99. The number of alkyl halides is 3. The summed E-state index contributed by atoms with van der Waals surface area (Å²) in [6, 6.07) is 5.27. The first-order valence-corrected chi connectivity index (χ1v) is 9.63. The highest BCUT2D eigenvalue weighted by Crippen LogP contribution is 2.31. The van der Waals surface area contributed by atoms with Crippen LogP contribution >= 0.6 is 0 Å². The van der Waals surface area contributed by atoms with Crippen molar-refractivity contribution < 1.29 is 22.7 Å². The summed E-state index contributed by atoms with van der Waals surface area (Å²) < 4.78 is 46.0. The van der Waals surface area contributed by atoms with Crippen molar-refractivity contribution in [1.29, 1.82) is 0 Å². The number of aromatic nitrogens is 3. The Kier molecular flexibility index (Phi) is 5.44. The van der Waals surface area contributed by atoms with Gasteiger partial charge in [-0.2, -0.15) is 13.2 Å². The number of rotatable bonds is 4. The van der Waals surface area contributed by atoms with Crippen LogP contribution in [0.2, 0.25) is 0 Å². The molecule has 1 atom stereocenters. The molecule has 2 aromatic rings. The van der Waals surface area contributed by atoms with Gasteiger partial charge in [-0.1, -0.05) is 11.3 Å². The van der Waals surface area contributed by atoms with Crippen molar-refractivity contribution in [2.75, 3.05) is 37.7 Å². The first-order chi connectivity index (χ1) is 13.9. The maximum Gasteiger partial charge on any atom is 0.416 e. The Balaban J connectivity index is 1.35. The number of nitrogens with zero attached hydrogens (tertiary/aromatic N) is 5. The number of ether oxygens (including phenoxy) is 1. The van der Waals surface area contributed by atoms with E-state index in [-0.39, 0.29) is 17.7 Å². The standard InChI is InChI=1S/C19H22F3N5O2/c20-19(21,22)14-3-1-4-15(11-14)25-6-8-26(9-7-25)18(28)17-13-27(24-23-17)12-16-5-2-10-29-16/h1,3-4,11,13,16H,2,5-10,12H2. The largest absolute Gasteiger partial charge is 0.416 e. The van der Waals surface area contributed by atoms with Crippen LogP contribution in [0.25, 0.3) is 0 Å². The third-order valence-electron chi connectivity index (χ3n) is 5.28. The van der Waals surface area contributed by atoms with E-state index in [1.807, 2.05) is 4.90 Å². The predicted molar refractivity (Wildman–Crippen MR) is 98.6 cm³/mol. The molecule has 1 aromatic carbocycles. The van der Waals surface area contributed by atoms with Crippen molar-refractivity contribution in [3.8, 4) is 0 Å². The lowest BCUT2D eigenvalue weighted by molar-refractivity contribution is -0.137. The lowest BCUT2D eigenvalue weighted by Gasteiger charge is -2.36. The van der Waals surface area contributed by atoms with Gasteiger partial charge in [0.15, 0.2) is 5.69 Å². The molecule has 0 radical (unpaired) electrons. The van der Waals surface area contributed by atoms with Crippen molar-refractivity contribution in [3.63, 3.8) is 0 Å². The number of carbonyl (C=O) groups excluding carboxylic acids is 1. The fourth-order valence-corrected chi connectivity index (χ4v) is 3.69. The summed E-state index contributed by atoms with van der Waals surface area (Å²) >= 11 is 0. The molecule has 0 bridgehead atoms. The van der Waals surface area contributed by atoms with E-state index in [9.17, 15) is 18.0 Å². The highest BCUT2D eigenvalue weighted by Gasteiger charge is 2.31. The highest BCUT2D eigenvalue weighted by molar-refractivity contribution is 5.92. The molecule has 2 aliphatic heterocycles. The lowest BCUT2D eigenvalue weighted by atomic mass is 10.1. The average molecular weight is 409 g/mol. The van der Waals surface area contributed by atoms with Crippen molar-refractivity contribution in [3.05, 3.63) is 41.7 Å². The van der Waals surface area contributed by atoms with Gasteiger partial charge < -0.3 is 14.5 Å². The van der Waals surface area contributed by atoms with Gasteiger partial charge in [0.1, 0.15) is 0 Å². The molecule has 3 heterocycles. The molecule has 2 aliphatic rings. The Labute approximate surface area is 166 Å². The summed E-state index contributed by atoms with van der Waals surface area (Å²) in [5.41, 5.74) is 0.112. The van der Waals surface area contributed by atoms with Gasteiger partial charge in [0.25, 0.3) is 5.91 Å². The molecule has 7 nitrogen and oxygen atoms in total. The van der Waals surface area contributed by atoms with E-state index in [1.54, 1.807) is 21.8 Å². The monoisotopic (exact) mass is 409 g/mol. The van der Waals surface area contributed by atoms with E-state index >= 15 is 0 Å². The van der Waals surface area contributed by atoms with E-state index < -0.39 is 11.7 Å². The fourth-order valence-electron chi connectivity index (χ4n) is 3.69. The molecule has 29 heavy (non-hydrogen) atoms. The zero-order chi connectivity index (χ0) is 20.4. The smallest absolute Gasteiger partial charge is 0.376 e. The molecule has 0 saturated carbocycles. The average Bonchev–Trinajstić information content (AvgIpc) is 3.40. The van der Waals surface area contributed by atoms with Crippen LogP contribution in [0.3, 0.4) is 0 Å². The van der Waals surface area contributed by atoms with E-state index in [0.29, 0.717) is 38.4 Å². The number of piperazine rings is 1. The van der Waals surface area contributed by atoms with Crippen molar-refractivity contribution in [2.45, 2.75) is 31.7 Å². The molecule has 1 unspecified atom stereocenters. The molecule has 1 aromatic heterocycles. The molecule has 0 aliphatic carbocycles. The molecule has 10 heteroatoms. The summed E-state index contributed by atoms with van der Waals surface area (Å²) in [4.78, 5) is 16.2. The third kappa shape index (κ3) is 4.52. The van der Waals surface area contributed by atoms with E-state index in [0.717, 1.165) is 31.6 Å². The Bertz CT molecular complexity index is 856. The molecular weight excluding hydrogens is 387 g/mol. The van der Waals surface area contributed by atoms with Crippen LogP contribution in [0.15, 0.2) is 30.5 Å². The number of hydrogen-bond acceptors (Lipinski definition) is 5. The van der Waals surface area contributed by atoms with Crippen molar-refractivity contribution in [2.24, 2.45) is 0 Å². The van der Waals surface area contributed by atoms with Crippen LogP contribution in [0, 0.1) is 0 Å². The Morgan fingerprint density at radius 1 is 1.21 bits per heavy atom. The first-order valence-electron chi connectivity index (χ1n) is 9.63.